The molecule has 1 heterocycles. The maximum atomic E-state index is 12.6. The lowest BCUT2D eigenvalue weighted by Gasteiger charge is -2.11. The van der Waals surface area contributed by atoms with Crippen LogP contribution in [0.3, 0.4) is 0 Å². The first kappa shape index (κ1) is 23.4. The van der Waals surface area contributed by atoms with Crippen molar-refractivity contribution in [2.24, 2.45) is 0 Å². The number of para-hydroxylation sites is 1. The van der Waals surface area contributed by atoms with Crippen molar-refractivity contribution in [1.29, 1.82) is 5.26 Å². The fourth-order valence-corrected chi connectivity index (χ4v) is 3.57. The van der Waals surface area contributed by atoms with Crippen molar-refractivity contribution in [1.82, 2.24) is 10.2 Å². The predicted octanol–water partition coefficient (Wildman–Crippen LogP) is 5.43. The average Bonchev–Trinajstić information content (AvgIpc) is 3.26. The molecule has 0 aliphatic rings. The van der Waals surface area contributed by atoms with Gasteiger partial charge in [0.05, 0.1) is 0 Å². The first-order valence-corrected chi connectivity index (χ1v) is 11.4. The summed E-state index contributed by atoms with van der Waals surface area (Å²) in [7, 11) is 0. The minimum absolute atomic E-state index is 0.0616. The summed E-state index contributed by atoms with van der Waals surface area (Å²) in [6.07, 6.45) is 1.49. The summed E-state index contributed by atoms with van der Waals surface area (Å²) in [5.41, 5.74) is 0.552. The SMILES string of the molecule is CC(C)c1nnc(NC(=O)/C(C#N)=C\c2ccccc2OCCOc2ccc(Br)cc2)s1. The van der Waals surface area contributed by atoms with E-state index in [1.807, 2.05) is 56.3 Å². The number of nitriles is 1. The van der Waals surface area contributed by atoms with Gasteiger partial charge in [-0.15, -0.1) is 10.2 Å². The van der Waals surface area contributed by atoms with Crippen LogP contribution in [0.2, 0.25) is 0 Å². The number of benzene rings is 2. The van der Waals surface area contributed by atoms with Crippen LogP contribution in [0.1, 0.15) is 30.3 Å². The summed E-state index contributed by atoms with van der Waals surface area (Å²) in [4.78, 5) is 12.6. The van der Waals surface area contributed by atoms with Gasteiger partial charge in [0.25, 0.3) is 5.91 Å². The molecule has 0 atom stereocenters. The van der Waals surface area contributed by atoms with E-state index in [0.717, 1.165) is 15.2 Å². The molecule has 1 N–H and O–H groups in total. The number of rotatable bonds is 9. The Labute approximate surface area is 198 Å². The van der Waals surface area contributed by atoms with Crippen molar-refractivity contribution in [3.05, 3.63) is 69.1 Å². The molecule has 0 bridgehead atoms. The molecular weight excluding hydrogens is 492 g/mol. The Morgan fingerprint density at radius 2 is 1.88 bits per heavy atom. The van der Waals surface area contributed by atoms with Crippen LogP contribution in [0.4, 0.5) is 5.13 Å². The summed E-state index contributed by atoms with van der Waals surface area (Å²) < 4.78 is 12.5. The Morgan fingerprint density at radius 3 is 2.56 bits per heavy atom. The van der Waals surface area contributed by atoms with Crippen molar-refractivity contribution in [3.63, 3.8) is 0 Å². The van der Waals surface area contributed by atoms with Gasteiger partial charge in [0.2, 0.25) is 5.13 Å². The minimum Gasteiger partial charge on any atom is -0.490 e. The highest BCUT2D eigenvalue weighted by Crippen LogP contribution is 2.24. The quantitative estimate of drug-likeness (QED) is 0.233. The third kappa shape index (κ3) is 6.64. The summed E-state index contributed by atoms with van der Waals surface area (Å²) in [6.45, 7) is 4.64. The van der Waals surface area contributed by atoms with E-state index in [2.05, 4.69) is 31.4 Å². The van der Waals surface area contributed by atoms with E-state index in [-0.39, 0.29) is 11.5 Å². The average molecular weight is 513 g/mol. The molecule has 3 aromatic rings. The van der Waals surface area contributed by atoms with Crippen molar-refractivity contribution >= 4 is 44.4 Å². The van der Waals surface area contributed by atoms with Gasteiger partial charge in [0, 0.05) is 16.0 Å². The molecular formula is C23H21BrN4O3S. The standard InChI is InChI=1S/C23H21BrN4O3S/c1-15(2)22-27-28-23(32-22)26-21(29)17(14-25)13-16-5-3-4-6-20(16)31-12-11-30-19-9-7-18(24)8-10-19/h3-10,13,15H,11-12H2,1-2H3,(H,26,28,29)/b17-13-. The number of hydrogen-bond donors (Lipinski definition) is 1. The molecule has 1 amide bonds. The summed E-state index contributed by atoms with van der Waals surface area (Å²) in [5.74, 6) is 0.949. The van der Waals surface area contributed by atoms with E-state index >= 15 is 0 Å². The number of carbonyl (C=O) groups excluding carboxylic acids is 1. The van der Waals surface area contributed by atoms with Crippen LogP contribution in [0.25, 0.3) is 6.08 Å². The van der Waals surface area contributed by atoms with Crippen molar-refractivity contribution in [2.75, 3.05) is 18.5 Å². The molecule has 0 radical (unpaired) electrons. The molecule has 9 heteroatoms. The Morgan fingerprint density at radius 1 is 1.16 bits per heavy atom. The van der Waals surface area contributed by atoms with E-state index in [1.165, 1.54) is 17.4 Å². The number of nitrogens with zero attached hydrogens (tertiary/aromatic N) is 3. The maximum absolute atomic E-state index is 12.6. The van der Waals surface area contributed by atoms with Gasteiger partial charge in [-0.25, -0.2) is 0 Å². The second-order valence-corrected chi connectivity index (χ2v) is 8.84. The highest BCUT2D eigenvalue weighted by molar-refractivity contribution is 9.10. The first-order valence-electron chi connectivity index (χ1n) is 9.83. The predicted molar refractivity (Wildman–Crippen MR) is 128 cm³/mol. The summed E-state index contributed by atoms with van der Waals surface area (Å²) in [6, 6.07) is 16.6. The molecule has 2 aromatic carbocycles. The van der Waals surface area contributed by atoms with Crippen LogP contribution in [0.5, 0.6) is 11.5 Å². The third-order valence-electron chi connectivity index (χ3n) is 4.16. The molecule has 32 heavy (non-hydrogen) atoms. The molecule has 7 nitrogen and oxygen atoms in total. The fraction of sp³-hybridized carbons (Fsp3) is 0.217. The first-order chi connectivity index (χ1) is 15.5. The van der Waals surface area contributed by atoms with Crippen LogP contribution in [-0.2, 0) is 4.79 Å². The lowest BCUT2D eigenvalue weighted by molar-refractivity contribution is -0.112. The second kappa shape index (κ2) is 11.4. The van der Waals surface area contributed by atoms with Crippen LogP contribution >= 0.6 is 27.3 Å². The second-order valence-electron chi connectivity index (χ2n) is 6.91. The van der Waals surface area contributed by atoms with Gasteiger partial charge in [0.1, 0.15) is 41.4 Å². The van der Waals surface area contributed by atoms with E-state index in [9.17, 15) is 10.1 Å². The smallest absolute Gasteiger partial charge is 0.268 e. The number of carbonyl (C=O) groups is 1. The van der Waals surface area contributed by atoms with Crippen molar-refractivity contribution in [3.8, 4) is 17.6 Å². The highest BCUT2D eigenvalue weighted by atomic mass is 79.9. The van der Waals surface area contributed by atoms with Crippen molar-refractivity contribution in [2.45, 2.75) is 19.8 Å². The van der Waals surface area contributed by atoms with Gasteiger partial charge in [0.15, 0.2) is 0 Å². The Bertz CT molecular complexity index is 1140. The third-order valence-corrected chi connectivity index (χ3v) is 5.83. The normalized spacial score (nSPS) is 11.2. The van der Waals surface area contributed by atoms with Crippen LogP contribution in [-0.4, -0.2) is 29.3 Å². The molecule has 0 unspecified atom stereocenters. The number of amides is 1. The maximum Gasteiger partial charge on any atom is 0.268 e. The van der Waals surface area contributed by atoms with E-state index in [4.69, 9.17) is 9.47 Å². The zero-order chi connectivity index (χ0) is 22.9. The van der Waals surface area contributed by atoms with Crippen LogP contribution in [0.15, 0.2) is 58.6 Å². The molecule has 0 saturated heterocycles. The number of nitrogens with one attached hydrogen (secondary N) is 1. The van der Waals surface area contributed by atoms with Gasteiger partial charge in [-0.3, -0.25) is 10.1 Å². The minimum atomic E-state index is -0.549. The number of hydrogen-bond acceptors (Lipinski definition) is 7. The van der Waals surface area contributed by atoms with Gasteiger partial charge in [-0.2, -0.15) is 5.26 Å². The summed E-state index contributed by atoms with van der Waals surface area (Å²) in [5, 5.41) is 21.3. The molecule has 3 rings (SSSR count). The summed E-state index contributed by atoms with van der Waals surface area (Å²) >= 11 is 4.67. The molecule has 1 aromatic heterocycles. The van der Waals surface area contributed by atoms with Crippen LogP contribution < -0.4 is 14.8 Å². The monoisotopic (exact) mass is 512 g/mol. The number of halogens is 1. The van der Waals surface area contributed by atoms with Gasteiger partial charge in [-0.05, 0) is 36.4 Å². The Kier molecular flexibility index (Phi) is 8.36. The lowest BCUT2D eigenvalue weighted by Crippen LogP contribution is -2.13. The van der Waals surface area contributed by atoms with Gasteiger partial charge >= 0.3 is 0 Å². The number of anilines is 1. The molecule has 0 spiro atoms. The van der Waals surface area contributed by atoms with Crippen LogP contribution in [0, 0.1) is 11.3 Å². The zero-order valence-corrected chi connectivity index (χ0v) is 19.9. The molecule has 164 valence electrons. The van der Waals surface area contributed by atoms with E-state index in [1.54, 1.807) is 12.1 Å². The lowest BCUT2D eigenvalue weighted by atomic mass is 10.1. The zero-order valence-electron chi connectivity index (χ0n) is 17.5. The van der Waals surface area contributed by atoms with Gasteiger partial charge < -0.3 is 9.47 Å². The molecule has 0 aliphatic carbocycles. The number of aromatic nitrogens is 2. The molecule has 0 fully saturated rings. The Balaban J connectivity index is 1.63. The molecule has 0 aliphatic heterocycles. The number of ether oxygens (including phenoxy) is 2. The topological polar surface area (TPSA) is 97.1 Å². The largest absolute Gasteiger partial charge is 0.490 e. The fourth-order valence-electron chi connectivity index (χ4n) is 2.56. The van der Waals surface area contributed by atoms with Gasteiger partial charge in [-0.1, -0.05) is 59.3 Å². The Hall–Kier alpha value is -3.22. The van der Waals surface area contributed by atoms with Crippen molar-refractivity contribution < 1.29 is 14.3 Å². The van der Waals surface area contributed by atoms with E-state index in [0.29, 0.717) is 29.7 Å². The van der Waals surface area contributed by atoms with E-state index < -0.39 is 5.91 Å². The highest BCUT2D eigenvalue weighted by Gasteiger charge is 2.15. The molecule has 0 saturated carbocycles.